The van der Waals surface area contributed by atoms with Gasteiger partial charge in [0.05, 0.1) is 5.69 Å². The van der Waals surface area contributed by atoms with E-state index < -0.39 is 11.6 Å². The molecule has 0 bridgehead atoms. The number of aromatic nitrogens is 2. The number of nitrogens with zero attached hydrogens (tertiary/aromatic N) is 2. The van der Waals surface area contributed by atoms with Gasteiger partial charge in [0.1, 0.15) is 23.1 Å². The van der Waals surface area contributed by atoms with Gasteiger partial charge in [-0.1, -0.05) is 18.2 Å². The lowest BCUT2D eigenvalue weighted by Gasteiger charge is -2.07. The van der Waals surface area contributed by atoms with Crippen molar-refractivity contribution >= 4 is 5.82 Å². The van der Waals surface area contributed by atoms with Crippen molar-refractivity contribution in [3.8, 4) is 5.69 Å². The molecule has 0 fully saturated rings. The van der Waals surface area contributed by atoms with E-state index in [-0.39, 0.29) is 11.5 Å². The van der Waals surface area contributed by atoms with Crippen molar-refractivity contribution in [3.63, 3.8) is 0 Å². The van der Waals surface area contributed by atoms with Crippen molar-refractivity contribution in [1.29, 1.82) is 0 Å². The second-order valence-electron chi connectivity index (χ2n) is 5.73. The van der Waals surface area contributed by atoms with Crippen molar-refractivity contribution in [1.82, 2.24) is 9.78 Å². The zero-order chi connectivity index (χ0) is 16.7. The molecule has 1 N–H and O–H groups in total. The fourth-order valence-electron chi connectivity index (χ4n) is 3.04. The van der Waals surface area contributed by atoms with Crippen LogP contribution in [0.15, 0.2) is 42.5 Å². The average molecular weight is 329 g/mol. The van der Waals surface area contributed by atoms with Gasteiger partial charge in [-0.15, -0.1) is 0 Å². The van der Waals surface area contributed by atoms with Crippen LogP contribution >= 0.6 is 0 Å². The first-order valence-corrected chi connectivity index (χ1v) is 7.67. The molecule has 2 heterocycles. The molecule has 0 saturated heterocycles. The van der Waals surface area contributed by atoms with Gasteiger partial charge in [0.2, 0.25) is 0 Å². The highest BCUT2D eigenvalue weighted by Gasteiger charge is 2.24. The number of nitrogens with one attached hydrogen (secondary N) is 1. The number of fused-ring (bicyclic) bond motifs is 1. The molecule has 1 aromatic heterocycles. The summed E-state index contributed by atoms with van der Waals surface area (Å²) < 4.78 is 42.6. The Kier molecular flexibility index (Phi) is 3.52. The first-order chi connectivity index (χ1) is 11.6. The SMILES string of the molecule is Fc1ccc(-n2nc(Cc3ccccc3F)c3c2NCC3)c(F)c1. The Morgan fingerprint density at radius 3 is 2.67 bits per heavy atom. The quantitative estimate of drug-likeness (QED) is 0.791. The number of hydrogen-bond donors (Lipinski definition) is 1. The lowest BCUT2D eigenvalue weighted by molar-refractivity contribution is 0.573. The zero-order valence-electron chi connectivity index (χ0n) is 12.7. The number of rotatable bonds is 3. The Labute approximate surface area is 136 Å². The molecular weight excluding hydrogens is 315 g/mol. The van der Waals surface area contributed by atoms with Gasteiger partial charge in [0.25, 0.3) is 0 Å². The van der Waals surface area contributed by atoms with Crippen LogP contribution in [0.4, 0.5) is 19.0 Å². The van der Waals surface area contributed by atoms with Crippen LogP contribution in [-0.4, -0.2) is 16.3 Å². The summed E-state index contributed by atoms with van der Waals surface area (Å²) >= 11 is 0. The number of halogens is 3. The fourth-order valence-corrected chi connectivity index (χ4v) is 3.04. The van der Waals surface area contributed by atoms with E-state index in [2.05, 4.69) is 10.4 Å². The summed E-state index contributed by atoms with van der Waals surface area (Å²) in [6.45, 7) is 0.709. The summed E-state index contributed by atoms with van der Waals surface area (Å²) in [5.41, 5.74) is 2.35. The largest absolute Gasteiger partial charge is 0.369 e. The van der Waals surface area contributed by atoms with Gasteiger partial charge in [0, 0.05) is 24.6 Å². The zero-order valence-corrected chi connectivity index (χ0v) is 12.7. The lowest BCUT2D eigenvalue weighted by Crippen LogP contribution is -2.07. The molecule has 1 aliphatic rings. The number of benzene rings is 2. The summed E-state index contributed by atoms with van der Waals surface area (Å²) in [6.07, 6.45) is 1.06. The summed E-state index contributed by atoms with van der Waals surface area (Å²) in [5.74, 6) is -0.933. The molecule has 3 aromatic rings. The van der Waals surface area contributed by atoms with Gasteiger partial charge in [0.15, 0.2) is 5.82 Å². The third-order valence-corrected chi connectivity index (χ3v) is 4.19. The molecule has 4 rings (SSSR count). The summed E-state index contributed by atoms with van der Waals surface area (Å²) in [7, 11) is 0. The average Bonchev–Trinajstić information content (AvgIpc) is 3.14. The molecule has 0 aliphatic carbocycles. The summed E-state index contributed by atoms with van der Waals surface area (Å²) in [6, 6.07) is 9.90. The second-order valence-corrected chi connectivity index (χ2v) is 5.73. The first-order valence-electron chi connectivity index (χ1n) is 7.67. The molecule has 0 radical (unpaired) electrons. The van der Waals surface area contributed by atoms with Crippen LogP contribution in [0.25, 0.3) is 5.69 Å². The van der Waals surface area contributed by atoms with E-state index >= 15 is 0 Å². The second kappa shape index (κ2) is 5.70. The van der Waals surface area contributed by atoms with Gasteiger partial charge in [-0.05, 0) is 30.2 Å². The maximum Gasteiger partial charge on any atom is 0.151 e. The van der Waals surface area contributed by atoms with Gasteiger partial charge in [-0.2, -0.15) is 5.10 Å². The first kappa shape index (κ1) is 14.8. The fraction of sp³-hybridized carbons (Fsp3) is 0.167. The Bertz CT molecular complexity index is 918. The lowest BCUT2D eigenvalue weighted by atomic mass is 10.1. The van der Waals surface area contributed by atoms with E-state index in [1.54, 1.807) is 18.2 Å². The van der Waals surface area contributed by atoms with Crippen LogP contribution in [0.2, 0.25) is 0 Å². The molecule has 3 nitrogen and oxygen atoms in total. The Hall–Kier alpha value is -2.76. The third-order valence-electron chi connectivity index (χ3n) is 4.19. The van der Waals surface area contributed by atoms with Crippen LogP contribution in [0.1, 0.15) is 16.8 Å². The summed E-state index contributed by atoms with van der Waals surface area (Å²) in [4.78, 5) is 0. The van der Waals surface area contributed by atoms with E-state index in [0.29, 0.717) is 30.0 Å². The molecular formula is C18H14F3N3. The molecule has 24 heavy (non-hydrogen) atoms. The molecule has 0 saturated carbocycles. The molecule has 122 valence electrons. The van der Waals surface area contributed by atoms with Crippen molar-refractivity contribution in [2.24, 2.45) is 0 Å². The van der Waals surface area contributed by atoms with Crippen LogP contribution in [0, 0.1) is 17.5 Å². The smallest absolute Gasteiger partial charge is 0.151 e. The maximum absolute atomic E-state index is 14.1. The van der Waals surface area contributed by atoms with Crippen LogP contribution in [-0.2, 0) is 12.8 Å². The minimum atomic E-state index is -0.688. The number of anilines is 1. The summed E-state index contributed by atoms with van der Waals surface area (Å²) in [5, 5.41) is 7.63. The standard InChI is InChI=1S/C18H14F3N3/c19-12-5-6-17(15(21)10-12)24-18-13(7-8-22-18)16(23-24)9-11-3-1-2-4-14(11)20/h1-6,10,22H,7-9H2. The van der Waals surface area contributed by atoms with E-state index in [4.69, 9.17) is 0 Å². The molecule has 1 aliphatic heterocycles. The van der Waals surface area contributed by atoms with Gasteiger partial charge in [-0.25, -0.2) is 17.9 Å². The van der Waals surface area contributed by atoms with Gasteiger partial charge >= 0.3 is 0 Å². The molecule has 0 spiro atoms. The van der Waals surface area contributed by atoms with Crippen LogP contribution in [0.5, 0.6) is 0 Å². The Morgan fingerprint density at radius 2 is 1.88 bits per heavy atom. The maximum atomic E-state index is 14.1. The highest BCUT2D eigenvalue weighted by Crippen LogP contribution is 2.31. The van der Waals surface area contributed by atoms with Crippen molar-refractivity contribution in [2.75, 3.05) is 11.9 Å². The molecule has 6 heteroatoms. The Morgan fingerprint density at radius 1 is 1.04 bits per heavy atom. The third kappa shape index (κ3) is 2.44. The van der Waals surface area contributed by atoms with Crippen molar-refractivity contribution in [3.05, 3.63) is 76.7 Å². The van der Waals surface area contributed by atoms with Crippen molar-refractivity contribution < 1.29 is 13.2 Å². The monoisotopic (exact) mass is 329 g/mol. The predicted molar refractivity (Wildman–Crippen MR) is 84.9 cm³/mol. The minimum Gasteiger partial charge on any atom is -0.369 e. The van der Waals surface area contributed by atoms with Gasteiger partial charge < -0.3 is 5.32 Å². The highest BCUT2D eigenvalue weighted by molar-refractivity contribution is 5.58. The molecule has 2 aromatic carbocycles. The van der Waals surface area contributed by atoms with E-state index in [9.17, 15) is 13.2 Å². The van der Waals surface area contributed by atoms with E-state index in [1.165, 1.54) is 22.9 Å². The topological polar surface area (TPSA) is 29.9 Å². The van der Waals surface area contributed by atoms with Crippen LogP contribution in [0.3, 0.4) is 0 Å². The molecule has 0 unspecified atom stereocenters. The minimum absolute atomic E-state index is 0.168. The predicted octanol–water partition coefficient (Wildman–Crippen LogP) is 3.85. The highest BCUT2D eigenvalue weighted by atomic mass is 19.1. The van der Waals surface area contributed by atoms with Gasteiger partial charge in [-0.3, -0.25) is 0 Å². The van der Waals surface area contributed by atoms with Crippen molar-refractivity contribution in [2.45, 2.75) is 12.8 Å². The molecule has 0 amide bonds. The van der Waals surface area contributed by atoms with E-state index in [1.807, 2.05) is 0 Å². The normalized spacial score (nSPS) is 13.0. The number of hydrogen-bond acceptors (Lipinski definition) is 2. The Balaban J connectivity index is 1.79. The van der Waals surface area contributed by atoms with Crippen LogP contribution < -0.4 is 5.32 Å². The molecule has 0 atom stereocenters. The van der Waals surface area contributed by atoms with E-state index in [0.717, 1.165) is 18.1 Å².